The van der Waals surface area contributed by atoms with Gasteiger partial charge in [-0.15, -0.1) is 0 Å². The van der Waals surface area contributed by atoms with E-state index in [1.54, 1.807) is 18.2 Å². The third-order valence-corrected chi connectivity index (χ3v) is 3.26. The smallest absolute Gasteiger partial charge is 0.321 e. The van der Waals surface area contributed by atoms with Gasteiger partial charge in [0.15, 0.2) is 18.1 Å². The Morgan fingerprint density at radius 2 is 1.83 bits per heavy atom. The van der Waals surface area contributed by atoms with Gasteiger partial charge in [0, 0.05) is 12.6 Å². The molecule has 1 heterocycles. The fraction of sp³-hybridized carbons (Fsp3) is 0.176. The topological polar surface area (TPSA) is 85.9 Å². The van der Waals surface area contributed by atoms with Crippen LogP contribution in [-0.2, 0) is 11.3 Å². The maximum Gasteiger partial charge on any atom is 0.321 e. The maximum atomic E-state index is 11.7. The first-order chi connectivity index (χ1) is 11.7. The van der Waals surface area contributed by atoms with Crippen molar-refractivity contribution in [2.75, 3.05) is 13.4 Å². The van der Waals surface area contributed by atoms with E-state index in [2.05, 4.69) is 10.6 Å². The molecule has 7 heteroatoms. The summed E-state index contributed by atoms with van der Waals surface area (Å²) < 4.78 is 15.7. The highest BCUT2D eigenvalue weighted by Gasteiger charge is 2.14. The largest absolute Gasteiger partial charge is 0.484 e. The molecule has 2 aromatic rings. The van der Waals surface area contributed by atoms with E-state index in [1.165, 1.54) is 0 Å². The first-order valence-corrected chi connectivity index (χ1v) is 7.35. The first-order valence-electron chi connectivity index (χ1n) is 7.35. The van der Waals surface area contributed by atoms with E-state index >= 15 is 0 Å². The second kappa shape index (κ2) is 7.36. The molecule has 3 amide bonds. The van der Waals surface area contributed by atoms with Crippen LogP contribution in [0.5, 0.6) is 17.2 Å². The zero-order chi connectivity index (χ0) is 16.8. The van der Waals surface area contributed by atoms with Gasteiger partial charge in [-0.3, -0.25) is 10.1 Å². The highest BCUT2D eigenvalue weighted by molar-refractivity contribution is 5.94. The SMILES string of the molecule is O=C(COc1ccc2c(c1)OCO2)NC(=O)NCc1ccccc1. The minimum absolute atomic E-state index is 0.168. The lowest BCUT2D eigenvalue weighted by molar-refractivity contribution is -0.122. The van der Waals surface area contributed by atoms with Crippen molar-refractivity contribution in [3.63, 3.8) is 0 Å². The van der Waals surface area contributed by atoms with Crippen molar-refractivity contribution in [2.45, 2.75) is 6.54 Å². The third-order valence-electron chi connectivity index (χ3n) is 3.26. The molecule has 0 saturated heterocycles. The number of benzene rings is 2. The monoisotopic (exact) mass is 328 g/mol. The van der Waals surface area contributed by atoms with Crippen LogP contribution in [0.2, 0.25) is 0 Å². The van der Waals surface area contributed by atoms with Gasteiger partial charge >= 0.3 is 6.03 Å². The van der Waals surface area contributed by atoms with Crippen LogP contribution < -0.4 is 24.8 Å². The molecule has 1 aliphatic heterocycles. The Labute approximate surface area is 138 Å². The number of ether oxygens (including phenoxy) is 3. The molecular formula is C17H16N2O5. The molecule has 2 aromatic carbocycles. The number of rotatable bonds is 5. The molecule has 0 unspecified atom stereocenters. The molecule has 0 fully saturated rings. The second-order valence-corrected chi connectivity index (χ2v) is 5.02. The molecule has 0 aromatic heterocycles. The standard InChI is InChI=1S/C17H16N2O5/c20-16(19-17(21)18-9-12-4-2-1-3-5-12)10-22-13-6-7-14-15(8-13)24-11-23-14/h1-8H,9-11H2,(H2,18,19,20,21). The quantitative estimate of drug-likeness (QED) is 0.874. The summed E-state index contributed by atoms with van der Waals surface area (Å²) in [4.78, 5) is 23.4. The van der Waals surface area contributed by atoms with E-state index in [-0.39, 0.29) is 13.4 Å². The molecule has 1 aliphatic rings. The van der Waals surface area contributed by atoms with Gasteiger partial charge in [0.1, 0.15) is 5.75 Å². The van der Waals surface area contributed by atoms with Crippen LogP contribution in [0.4, 0.5) is 4.79 Å². The number of carbonyl (C=O) groups is 2. The number of urea groups is 1. The summed E-state index contributed by atoms with van der Waals surface area (Å²) >= 11 is 0. The van der Waals surface area contributed by atoms with Crippen LogP contribution in [0.1, 0.15) is 5.56 Å². The van der Waals surface area contributed by atoms with E-state index in [1.807, 2.05) is 30.3 Å². The number of amides is 3. The summed E-state index contributed by atoms with van der Waals surface area (Å²) in [6, 6.07) is 13.8. The first kappa shape index (κ1) is 15.7. The Morgan fingerprint density at radius 1 is 1.04 bits per heavy atom. The number of imide groups is 1. The van der Waals surface area contributed by atoms with Crippen molar-refractivity contribution in [1.82, 2.24) is 10.6 Å². The maximum absolute atomic E-state index is 11.7. The van der Waals surface area contributed by atoms with Crippen LogP contribution in [0.25, 0.3) is 0 Å². The number of fused-ring (bicyclic) bond motifs is 1. The fourth-order valence-corrected chi connectivity index (χ4v) is 2.10. The lowest BCUT2D eigenvalue weighted by Crippen LogP contribution is -2.41. The van der Waals surface area contributed by atoms with Gasteiger partial charge < -0.3 is 19.5 Å². The predicted molar refractivity (Wildman–Crippen MR) is 84.9 cm³/mol. The molecule has 7 nitrogen and oxygen atoms in total. The van der Waals surface area contributed by atoms with Crippen molar-refractivity contribution in [1.29, 1.82) is 0 Å². The van der Waals surface area contributed by atoms with Crippen LogP contribution >= 0.6 is 0 Å². The molecule has 124 valence electrons. The highest BCUT2D eigenvalue weighted by Crippen LogP contribution is 2.34. The van der Waals surface area contributed by atoms with Crippen molar-refractivity contribution in [3.05, 3.63) is 54.1 Å². The summed E-state index contributed by atoms with van der Waals surface area (Å²) in [5.74, 6) is 1.11. The molecular weight excluding hydrogens is 312 g/mol. The van der Waals surface area contributed by atoms with Crippen LogP contribution in [-0.4, -0.2) is 25.3 Å². The average Bonchev–Trinajstić information content (AvgIpc) is 3.07. The van der Waals surface area contributed by atoms with E-state index in [0.29, 0.717) is 23.8 Å². The highest BCUT2D eigenvalue weighted by atomic mass is 16.7. The summed E-state index contributed by atoms with van der Waals surface area (Å²) in [5.41, 5.74) is 0.941. The summed E-state index contributed by atoms with van der Waals surface area (Å²) in [6.45, 7) is 0.224. The summed E-state index contributed by atoms with van der Waals surface area (Å²) in [7, 11) is 0. The van der Waals surface area contributed by atoms with E-state index in [9.17, 15) is 9.59 Å². The van der Waals surface area contributed by atoms with E-state index in [4.69, 9.17) is 14.2 Å². The predicted octanol–water partition coefficient (Wildman–Crippen LogP) is 1.82. The van der Waals surface area contributed by atoms with Crippen LogP contribution in [0.15, 0.2) is 48.5 Å². The molecule has 0 bridgehead atoms. The van der Waals surface area contributed by atoms with Crippen molar-refractivity contribution >= 4 is 11.9 Å². The lowest BCUT2D eigenvalue weighted by atomic mass is 10.2. The minimum Gasteiger partial charge on any atom is -0.484 e. The van der Waals surface area contributed by atoms with E-state index < -0.39 is 11.9 Å². The van der Waals surface area contributed by atoms with Gasteiger partial charge in [-0.1, -0.05) is 30.3 Å². The number of hydrogen-bond donors (Lipinski definition) is 2. The van der Waals surface area contributed by atoms with Crippen molar-refractivity contribution in [2.24, 2.45) is 0 Å². The zero-order valence-electron chi connectivity index (χ0n) is 12.8. The number of hydrogen-bond acceptors (Lipinski definition) is 5. The average molecular weight is 328 g/mol. The van der Waals surface area contributed by atoms with Gasteiger partial charge in [0.2, 0.25) is 6.79 Å². The molecule has 0 spiro atoms. The van der Waals surface area contributed by atoms with Crippen LogP contribution in [0, 0.1) is 0 Å². The van der Waals surface area contributed by atoms with Crippen molar-refractivity contribution < 1.29 is 23.8 Å². The molecule has 24 heavy (non-hydrogen) atoms. The Bertz CT molecular complexity index is 733. The summed E-state index contributed by atoms with van der Waals surface area (Å²) in [5, 5.41) is 4.80. The molecule has 0 saturated carbocycles. The zero-order valence-corrected chi connectivity index (χ0v) is 12.8. The Morgan fingerprint density at radius 3 is 2.67 bits per heavy atom. The third kappa shape index (κ3) is 4.16. The molecule has 0 atom stereocenters. The van der Waals surface area contributed by atoms with Gasteiger partial charge in [0.25, 0.3) is 5.91 Å². The summed E-state index contributed by atoms with van der Waals surface area (Å²) in [6.07, 6.45) is 0. The molecule has 2 N–H and O–H groups in total. The Kier molecular flexibility index (Phi) is 4.81. The van der Waals surface area contributed by atoms with Gasteiger partial charge in [-0.05, 0) is 17.7 Å². The van der Waals surface area contributed by atoms with E-state index in [0.717, 1.165) is 5.56 Å². The normalized spacial score (nSPS) is 11.7. The van der Waals surface area contributed by atoms with Crippen LogP contribution in [0.3, 0.4) is 0 Å². The Hall–Kier alpha value is -3.22. The molecule has 3 rings (SSSR count). The van der Waals surface area contributed by atoms with Gasteiger partial charge in [0.05, 0.1) is 0 Å². The fourth-order valence-electron chi connectivity index (χ4n) is 2.10. The molecule has 0 aliphatic carbocycles. The minimum atomic E-state index is -0.571. The van der Waals surface area contributed by atoms with Gasteiger partial charge in [-0.2, -0.15) is 0 Å². The molecule has 0 radical (unpaired) electrons. The number of carbonyl (C=O) groups excluding carboxylic acids is 2. The van der Waals surface area contributed by atoms with Gasteiger partial charge in [-0.25, -0.2) is 4.79 Å². The van der Waals surface area contributed by atoms with Crippen molar-refractivity contribution in [3.8, 4) is 17.2 Å². The lowest BCUT2D eigenvalue weighted by Gasteiger charge is -2.08. The number of nitrogens with one attached hydrogen (secondary N) is 2. The second-order valence-electron chi connectivity index (χ2n) is 5.02. The Balaban J connectivity index is 1.41.